The van der Waals surface area contributed by atoms with Crippen LogP contribution in [0, 0.1) is 18.8 Å². The molecule has 1 aliphatic rings. The number of hydrogen-bond donors (Lipinski definition) is 0. The molecule has 150 valence electrons. The van der Waals surface area contributed by atoms with Crippen molar-refractivity contribution < 1.29 is 14.3 Å². The fourth-order valence-corrected chi connectivity index (χ4v) is 4.53. The van der Waals surface area contributed by atoms with E-state index in [-0.39, 0.29) is 23.4 Å². The summed E-state index contributed by atoms with van der Waals surface area (Å²) in [5, 5.41) is 0. The Morgan fingerprint density at radius 1 is 1.07 bits per heavy atom. The molecule has 0 N–H and O–H groups in total. The largest absolute Gasteiger partial charge is 0.496 e. The van der Waals surface area contributed by atoms with E-state index in [2.05, 4.69) is 45.0 Å². The molecule has 0 saturated heterocycles. The van der Waals surface area contributed by atoms with Crippen molar-refractivity contribution in [1.82, 2.24) is 0 Å². The lowest BCUT2D eigenvalue weighted by Gasteiger charge is -2.44. The molecule has 2 aromatic rings. The maximum absolute atomic E-state index is 13.0. The summed E-state index contributed by atoms with van der Waals surface area (Å²) in [7, 11) is 1.59. The maximum atomic E-state index is 13.0. The van der Waals surface area contributed by atoms with E-state index in [1.54, 1.807) is 13.2 Å². The molecule has 3 nitrogen and oxygen atoms in total. The lowest BCUT2D eigenvalue weighted by molar-refractivity contribution is -0.0238. The van der Waals surface area contributed by atoms with E-state index in [1.165, 1.54) is 12.0 Å². The van der Waals surface area contributed by atoms with Gasteiger partial charge in [-0.05, 0) is 54.4 Å². The molecule has 3 rings (SSSR count). The standard InChI is InChI=1S/C25H32O3/c1-17-11-13-20(22(15-17)27-5)24(26)28-23-16-18(2)12-14-21(23)25(3,4)19-9-7-6-8-10-19/h6-11,13,15,18,21,23H,12,14,16H2,1-5H3/t18-,21-,23-/m1/s1. The van der Waals surface area contributed by atoms with Crippen molar-refractivity contribution in [2.75, 3.05) is 7.11 Å². The van der Waals surface area contributed by atoms with Crippen molar-refractivity contribution in [3.05, 3.63) is 65.2 Å². The quantitative estimate of drug-likeness (QED) is 0.602. The fourth-order valence-electron chi connectivity index (χ4n) is 4.53. The van der Waals surface area contributed by atoms with Gasteiger partial charge in [-0.1, -0.05) is 63.6 Å². The number of hydrogen-bond acceptors (Lipinski definition) is 3. The Hall–Kier alpha value is -2.29. The normalized spacial score (nSPS) is 22.5. The van der Waals surface area contributed by atoms with Gasteiger partial charge >= 0.3 is 5.97 Å². The summed E-state index contributed by atoms with van der Waals surface area (Å²) in [6, 6.07) is 16.2. The number of rotatable bonds is 5. The first-order valence-corrected chi connectivity index (χ1v) is 10.2. The summed E-state index contributed by atoms with van der Waals surface area (Å²) < 4.78 is 11.6. The van der Waals surface area contributed by atoms with Gasteiger partial charge in [0, 0.05) is 5.92 Å². The van der Waals surface area contributed by atoms with Crippen molar-refractivity contribution in [3.8, 4) is 5.75 Å². The van der Waals surface area contributed by atoms with Crippen LogP contribution >= 0.6 is 0 Å². The zero-order chi connectivity index (χ0) is 20.3. The molecule has 0 bridgehead atoms. The van der Waals surface area contributed by atoms with E-state index in [9.17, 15) is 4.79 Å². The van der Waals surface area contributed by atoms with Crippen LogP contribution in [-0.4, -0.2) is 19.2 Å². The molecule has 28 heavy (non-hydrogen) atoms. The Morgan fingerprint density at radius 2 is 1.79 bits per heavy atom. The Bertz CT molecular complexity index is 810. The number of carbonyl (C=O) groups excluding carboxylic acids is 1. The van der Waals surface area contributed by atoms with Crippen LogP contribution < -0.4 is 4.74 Å². The van der Waals surface area contributed by atoms with E-state index < -0.39 is 0 Å². The van der Waals surface area contributed by atoms with Gasteiger partial charge in [-0.3, -0.25) is 0 Å². The first kappa shape index (κ1) is 20.4. The minimum Gasteiger partial charge on any atom is -0.496 e. The average molecular weight is 381 g/mol. The molecule has 1 saturated carbocycles. The summed E-state index contributed by atoms with van der Waals surface area (Å²) in [5.74, 6) is 1.13. The third-order valence-electron chi connectivity index (χ3n) is 6.33. The summed E-state index contributed by atoms with van der Waals surface area (Å²) in [4.78, 5) is 13.0. The zero-order valence-corrected chi connectivity index (χ0v) is 17.7. The van der Waals surface area contributed by atoms with Crippen LogP contribution in [0.3, 0.4) is 0 Å². The smallest absolute Gasteiger partial charge is 0.342 e. The van der Waals surface area contributed by atoms with Crippen molar-refractivity contribution in [2.45, 2.75) is 58.5 Å². The molecule has 0 radical (unpaired) electrons. The van der Waals surface area contributed by atoms with Crippen LogP contribution in [0.1, 0.15) is 61.5 Å². The first-order valence-electron chi connectivity index (χ1n) is 10.2. The monoisotopic (exact) mass is 380 g/mol. The van der Waals surface area contributed by atoms with Crippen LogP contribution in [0.4, 0.5) is 0 Å². The van der Waals surface area contributed by atoms with Crippen molar-refractivity contribution >= 4 is 5.97 Å². The van der Waals surface area contributed by atoms with E-state index in [4.69, 9.17) is 9.47 Å². The summed E-state index contributed by atoms with van der Waals surface area (Å²) in [5.41, 5.74) is 2.79. The molecular formula is C25H32O3. The molecule has 3 atom stereocenters. The van der Waals surface area contributed by atoms with Crippen molar-refractivity contribution in [1.29, 1.82) is 0 Å². The molecular weight excluding hydrogens is 348 g/mol. The lowest BCUT2D eigenvalue weighted by Crippen LogP contribution is -2.43. The number of esters is 1. The van der Waals surface area contributed by atoms with Crippen LogP contribution in [0.25, 0.3) is 0 Å². The molecule has 0 heterocycles. The molecule has 0 spiro atoms. The molecule has 3 heteroatoms. The van der Waals surface area contributed by atoms with Gasteiger partial charge in [0.05, 0.1) is 7.11 Å². The molecule has 2 aromatic carbocycles. The molecule has 0 aromatic heterocycles. The van der Waals surface area contributed by atoms with Crippen LogP contribution in [0.2, 0.25) is 0 Å². The Kier molecular flexibility index (Phi) is 6.12. The van der Waals surface area contributed by atoms with Gasteiger partial charge in [0.15, 0.2) is 0 Å². The Labute approximate surface area is 169 Å². The number of ether oxygens (including phenoxy) is 2. The van der Waals surface area contributed by atoms with Crippen LogP contribution in [0.15, 0.2) is 48.5 Å². The van der Waals surface area contributed by atoms with E-state index in [1.807, 2.05) is 25.1 Å². The zero-order valence-electron chi connectivity index (χ0n) is 17.7. The number of carbonyl (C=O) groups is 1. The van der Waals surface area contributed by atoms with Gasteiger partial charge in [-0.15, -0.1) is 0 Å². The van der Waals surface area contributed by atoms with Crippen molar-refractivity contribution in [3.63, 3.8) is 0 Å². The predicted octanol–water partition coefficient (Wildman–Crippen LogP) is 5.94. The third kappa shape index (κ3) is 4.24. The Balaban J connectivity index is 1.86. The highest BCUT2D eigenvalue weighted by molar-refractivity contribution is 5.92. The second kappa shape index (κ2) is 8.38. The van der Waals surface area contributed by atoms with Gasteiger partial charge in [0.25, 0.3) is 0 Å². The molecule has 0 unspecified atom stereocenters. The lowest BCUT2D eigenvalue weighted by atomic mass is 9.64. The van der Waals surface area contributed by atoms with Gasteiger partial charge in [0.1, 0.15) is 17.4 Å². The number of benzene rings is 2. The maximum Gasteiger partial charge on any atom is 0.342 e. The summed E-state index contributed by atoms with van der Waals surface area (Å²) in [6.45, 7) is 8.78. The first-order chi connectivity index (χ1) is 13.3. The highest BCUT2D eigenvalue weighted by Gasteiger charge is 2.42. The summed E-state index contributed by atoms with van der Waals surface area (Å²) in [6.07, 6.45) is 3.04. The van der Waals surface area contributed by atoms with Gasteiger partial charge in [-0.2, -0.15) is 0 Å². The SMILES string of the molecule is COc1cc(C)ccc1C(=O)O[C@@H]1C[C@H](C)CC[C@H]1C(C)(C)c1ccccc1. The third-order valence-corrected chi connectivity index (χ3v) is 6.33. The number of aryl methyl sites for hydroxylation is 1. The van der Waals surface area contributed by atoms with E-state index in [0.717, 1.165) is 18.4 Å². The van der Waals surface area contributed by atoms with Crippen molar-refractivity contribution in [2.24, 2.45) is 11.8 Å². The molecule has 0 aliphatic heterocycles. The van der Waals surface area contributed by atoms with Crippen LogP contribution in [0.5, 0.6) is 5.75 Å². The second-order valence-electron chi connectivity index (χ2n) is 8.76. The predicted molar refractivity (Wildman–Crippen MR) is 113 cm³/mol. The van der Waals surface area contributed by atoms with E-state index >= 15 is 0 Å². The van der Waals surface area contributed by atoms with Crippen LogP contribution in [-0.2, 0) is 10.2 Å². The van der Waals surface area contributed by atoms with Gasteiger partial charge in [-0.25, -0.2) is 4.79 Å². The molecule has 1 aliphatic carbocycles. The number of methoxy groups -OCH3 is 1. The fraction of sp³-hybridized carbons (Fsp3) is 0.480. The average Bonchev–Trinajstić information content (AvgIpc) is 2.68. The minimum absolute atomic E-state index is 0.0658. The second-order valence-corrected chi connectivity index (χ2v) is 8.76. The minimum atomic E-state index is -0.287. The highest BCUT2D eigenvalue weighted by atomic mass is 16.5. The topological polar surface area (TPSA) is 35.5 Å². The van der Waals surface area contributed by atoms with Gasteiger partial charge < -0.3 is 9.47 Å². The van der Waals surface area contributed by atoms with Gasteiger partial charge in [0.2, 0.25) is 0 Å². The molecule has 1 fully saturated rings. The Morgan fingerprint density at radius 3 is 2.46 bits per heavy atom. The highest BCUT2D eigenvalue weighted by Crippen LogP contribution is 2.44. The van der Waals surface area contributed by atoms with E-state index in [0.29, 0.717) is 17.2 Å². The molecule has 0 amide bonds. The summed E-state index contributed by atoms with van der Waals surface area (Å²) >= 11 is 0.